The second kappa shape index (κ2) is 11.7. The van der Waals surface area contributed by atoms with Gasteiger partial charge in [0.1, 0.15) is 4.88 Å². The summed E-state index contributed by atoms with van der Waals surface area (Å²) in [5.74, 6) is -0.587. The molecule has 1 atom stereocenters. The maximum absolute atomic E-state index is 13.4. The molecule has 3 aromatic rings. The Labute approximate surface area is 231 Å². The number of aryl methyl sites for hydroxylation is 1. The fourth-order valence-corrected chi connectivity index (χ4v) is 5.15. The van der Waals surface area contributed by atoms with E-state index in [-0.39, 0.29) is 23.8 Å². The number of amides is 2. The van der Waals surface area contributed by atoms with Gasteiger partial charge < -0.3 is 20.7 Å². The lowest BCUT2D eigenvalue weighted by Crippen LogP contribution is -2.28. The largest absolute Gasteiger partial charge is 0.465 e. The normalized spacial score (nSPS) is 16.0. The van der Waals surface area contributed by atoms with E-state index in [1.54, 1.807) is 30.3 Å². The summed E-state index contributed by atoms with van der Waals surface area (Å²) in [4.78, 5) is 43.3. The van der Waals surface area contributed by atoms with Crippen LogP contribution in [0.5, 0.6) is 0 Å². The highest BCUT2D eigenvalue weighted by Gasteiger charge is 2.25. The van der Waals surface area contributed by atoms with E-state index in [0.717, 1.165) is 30.5 Å². The summed E-state index contributed by atoms with van der Waals surface area (Å²) >= 11 is 1.22. The third kappa shape index (κ3) is 6.43. The first-order valence-corrected chi connectivity index (χ1v) is 13.7. The van der Waals surface area contributed by atoms with Crippen LogP contribution in [0.3, 0.4) is 0 Å². The minimum atomic E-state index is -0.467. The number of nitrogens with one attached hydrogen (secondary N) is 3. The van der Waals surface area contributed by atoms with Gasteiger partial charge in [-0.3, -0.25) is 9.59 Å². The van der Waals surface area contributed by atoms with Crippen LogP contribution in [-0.2, 0) is 4.74 Å². The van der Waals surface area contributed by atoms with Crippen molar-refractivity contribution >= 4 is 39.9 Å². The van der Waals surface area contributed by atoms with Crippen LogP contribution in [0, 0.1) is 12.8 Å². The van der Waals surface area contributed by atoms with Crippen LogP contribution in [0.2, 0.25) is 0 Å². The van der Waals surface area contributed by atoms with Gasteiger partial charge in [0.05, 0.1) is 18.4 Å². The summed E-state index contributed by atoms with van der Waals surface area (Å²) in [5, 5.41) is 9.86. The first-order chi connectivity index (χ1) is 18.9. The zero-order valence-electron chi connectivity index (χ0n) is 21.8. The summed E-state index contributed by atoms with van der Waals surface area (Å²) in [5.41, 5.74) is 3.68. The maximum Gasteiger partial charge on any atom is 0.337 e. The highest BCUT2D eigenvalue weighted by atomic mass is 32.1. The van der Waals surface area contributed by atoms with Crippen molar-refractivity contribution in [3.63, 3.8) is 0 Å². The van der Waals surface area contributed by atoms with E-state index in [2.05, 4.69) is 28.1 Å². The summed E-state index contributed by atoms with van der Waals surface area (Å²) in [6.07, 6.45) is 11.0. The van der Waals surface area contributed by atoms with Gasteiger partial charge >= 0.3 is 5.97 Å². The van der Waals surface area contributed by atoms with Crippen LogP contribution >= 0.6 is 11.3 Å². The number of nitrogens with zero attached hydrogens (tertiary/aromatic N) is 1. The monoisotopic (exact) mass is 542 g/mol. The number of hydrogen-bond acceptors (Lipinski definition) is 7. The van der Waals surface area contributed by atoms with Crippen molar-refractivity contribution in [1.82, 2.24) is 15.6 Å². The zero-order chi connectivity index (χ0) is 27.4. The lowest BCUT2D eigenvalue weighted by atomic mass is 10.0. The minimum absolute atomic E-state index is 0.105. The molecule has 9 heteroatoms. The number of hydrogen-bond donors (Lipinski definition) is 3. The van der Waals surface area contributed by atoms with E-state index in [9.17, 15) is 14.4 Å². The number of aromatic nitrogens is 1. The molecule has 0 radical (unpaired) electrons. The number of rotatable bonds is 9. The first-order valence-electron chi connectivity index (χ1n) is 12.9. The third-order valence-electron chi connectivity index (χ3n) is 6.64. The topological polar surface area (TPSA) is 109 Å². The Morgan fingerprint density at radius 1 is 1.05 bits per heavy atom. The average Bonchev–Trinajstić information content (AvgIpc) is 3.68. The molecule has 5 rings (SSSR count). The molecule has 0 spiro atoms. The lowest BCUT2D eigenvalue weighted by molar-refractivity contribution is 0.0600. The fraction of sp³-hybridized carbons (Fsp3) is 0.267. The Morgan fingerprint density at radius 3 is 2.64 bits per heavy atom. The molecular weight excluding hydrogens is 512 g/mol. The van der Waals surface area contributed by atoms with Crippen LogP contribution in [0.15, 0.2) is 66.8 Å². The summed E-state index contributed by atoms with van der Waals surface area (Å²) in [6.45, 7) is 2.44. The number of esters is 1. The number of benzene rings is 2. The van der Waals surface area contributed by atoms with Gasteiger partial charge in [0.25, 0.3) is 11.8 Å². The quantitative estimate of drug-likeness (QED) is 0.312. The number of allylic oxidation sites excluding steroid dienone is 3. The summed E-state index contributed by atoms with van der Waals surface area (Å²) in [7, 11) is 1.33. The van der Waals surface area contributed by atoms with Crippen molar-refractivity contribution in [3.05, 3.63) is 88.3 Å². The number of carbonyl (C=O) groups excluding carboxylic acids is 3. The molecule has 1 fully saturated rings. The van der Waals surface area contributed by atoms with E-state index in [4.69, 9.17) is 9.72 Å². The molecule has 1 saturated carbocycles. The predicted octanol–water partition coefficient (Wildman–Crippen LogP) is 5.40. The Balaban J connectivity index is 1.44. The SMILES string of the molecule is COC(=O)c1cccc(-c2nc(Nc3cc(C(=O)NC4CC4)ccc3C)sc2C(=O)NCC2C=CC=CC2)c1. The van der Waals surface area contributed by atoms with E-state index in [1.807, 2.05) is 31.2 Å². The first kappa shape index (κ1) is 26.4. The van der Waals surface area contributed by atoms with Gasteiger partial charge in [0, 0.05) is 29.4 Å². The second-order valence-electron chi connectivity index (χ2n) is 9.69. The van der Waals surface area contributed by atoms with Gasteiger partial charge in [-0.15, -0.1) is 0 Å². The lowest BCUT2D eigenvalue weighted by Gasteiger charge is -2.13. The summed E-state index contributed by atoms with van der Waals surface area (Å²) < 4.78 is 4.87. The minimum Gasteiger partial charge on any atom is -0.465 e. The molecule has 1 aromatic heterocycles. The summed E-state index contributed by atoms with van der Waals surface area (Å²) in [6, 6.07) is 12.6. The molecule has 0 aliphatic heterocycles. The molecule has 2 aromatic carbocycles. The van der Waals surface area contributed by atoms with Crippen molar-refractivity contribution in [2.75, 3.05) is 19.0 Å². The van der Waals surface area contributed by atoms with E-state index >= 15 is 0 Å². The van der Waals surface area contributed by atoms with E-state index in [1.165, 1.54) is 18.4 Å². The van der Waals surface area contributed by atoms with Gasteiger partial charge in [0.15, 0.2) is 5.13 Å². The maximum atomic E-state index is 13.4. The molecular formula is C30H30N4O4S. The van der Waals surface area contributed by atoms with E-state index < -0.39 is 5.97 Å². The zero-order valence-corrected chi connectivity index (χ0v) is 22.6. The Hall–Kier alpha value is -4.24. The molecule has 8 nitrogen and oxygen atoms in total. The van der Waals surface area contributed by atoms with Crippen molar-refractivity contribution in [3.8, 4) is 11.3 Å². The Bertz CT molecular complexity index is 1470. The molecule has 0 saturated heterocycles. The highest BCUT2D eigenvalue weighted by Crippen LogP contribution is 2.34. The predicted molar refractivity (Wildman–Crippen MR) is 153 cm³/mol. The van der Waals surface area contributed by atoms with Crippen LogP contribution in [-0.4, -0.2) is 42.5 Å². The van der Waals surface area contributed by atoms with Gasteiger partial charge in [-0.2, -0.15) is 0 Å². The van der Waals surface area contributed by atoms with Crippen LogP contribution < -0.4 is 16.0 Å². The average molecular weight is 543 g/mol. The van der Waals surface area contributed by atoms with Crippen molar-refractivity contribution in [2.45, 2.75) is 32.2 Å². The molecule has 1 unspecified atom stereocenters. The smallest absolute Gasteiger partial charge is 0.337 e. The third-order valence-corrected chi connectivity index (χ3v) is 7.61. The molecule has 200 valence electrons. The van der Waals surface area contributed by atoms with Crippen LogP contribution in [0.1, 0.15) is 55.2 Å². The van der Waals surface area contributed by atoms with Crippen molar-refractivity contribution < 1.29 is 19.1 Å². The highest BCUT2D eigenvalue weighted by molar-refractivity contribution is 7.18. The molecule has 2 aliphatic carbocycles. The molecule has 39 heavy (non-hydrogen) atoms. The van der Waals surface area contributed by atoms with Gasteiger partial charge in [-0.25, -0.2) is 9.78 Å². The Morgan fingerprint density at radius 2 is 1.90 bits per heavy atom. The standard InChI is InChI=1S/C30H30N4O4S/c1-18-11-12-21(27(35)32-23-13-14-23)16-24(18)33-30-34-25(20-9-6-10-22(15-20)29(37)38-2)26(39-30)28(36)31-17-19-7-4-3-5-8-19/h3-7,9-12,15-16,19,23H,8,13-14,17H2,1-2H3,(H,31,36)(H,32,35)(H,33,34). The Kier molecular flexibility index (Phi) is 7.88. The van der Waals surface area contributed by atoms with Crippen LogP contribution in [0.25, 0.3) is 11.3 Å². The molecule has 2 aliphatic rings. The van der Waals surface area contributed by atoms with Crippen molar-refractivity contribution in [1.29, 1.82) is 0 Å². The molecule has 3 N–H and O–H groups in total. The second-order valence-corrected chi connectivity index (χ2v) is 10.7. The number of thiazole rings is 1. The van der Waals surface area contributed by atoms with Crippen molar-refractivity contribution in [2.24, 2.45) is 5.92 Å². The van der Waals surface area contributed by atoms with E-state index in [0.29, 0.717) is 38.9 Å². The van der Waals surface area contributed by atoms with Crippen LogP contribution in [0.4, 0.5) is 10.8 Å². The van der Waals surface area contributed by atoms with Gasteiger partial charge in [0.2, 0.25) is 0 Å². The molecule has 0 bridgehead atoms. The fourth-order valence-electron chi connectivity index (χ4n) is 4.23. The molecule has 1 heterocycles. The molecule has 2 amide bonds. The number of anilines is 2. The van der Waals surface area contributed by atoms with Gasteiger partial charge in [-0.1, -0.05) is 53.8 Å². The van der Waals surface area contributed by atoms with Gasteiger partial charge in [-0.05, 0) is 61.9 Å². The number of carbonyl (C=O) groups is 3. The number of methoxy groups -OCH3 is 1. The number of ether oxygens (including phenoxy) is 1.